The molecule has 1 N–H and O–H groups in total. The van der Waals surface area contributed by atoms with E-state index in [1.807, 2.05) is 19.9 Å². The number of sulfonamides is 1. The van der Waals surface area contributed by atoms with Crippen LogP contribution in [0.15, 0.2) is 65.6 Å². The number of amides is 1. The number of rotatable bonds is 4. The molecule has 0 aliphatic carbocycles. The number of ether oxygens (including phenoxy) is 1. The number of halogens is 1. The summed E-state index contributed by atoms with van der Waals surface area (Å²) in [6, 6.07) is 17.1. The SMILES string of the molecule is Cc1ccc(S(=O)(=O)N2C[C@H](C(=O)Nc3cccc(Cl)c3C)Oc3cc(C)ccc32)cc1. The Morgan fingerprint density at radius 2 is 1.72 bits per heavy atom. The average Bonchev–Trinajstić information content (AvgIpc) is 2.76. The van der Waals surface area contributed by atoms with Gasteiger partial charge in [-0.1, -0.05) is 41.4 Å². The molecular formula is C24H23ClN2O4S. The molecule has 1 amide bonds. The highest BCUT2D eigenvalue weighted by atomic mass is 35.5. The van der Waals surface area contributed by atoms with E-state index in [1.54, 1.807) is 61.5 Å². The number of hydrogen-bond acceptors (Lipinski definition) is 4. The van der Waals surface area contributed by atoms with Gasteiger partial charge in [-0.2, -0.15) is 0 Å². The fourth-order valence-corrected chi connectivity index (χ4v) is 5.17. The Kier molecular flexibility index (Phi) is 5.88. The molecule has 1 atom stereocenters. The van der Waals surface area contributed by atoms with Gasteiger partial charge < -0.3 is 10.1 Å². The number of fused-ring (bicyclic) bond motifs is 1. The molecule has 0 saturated carbocycles. The topological polar surface area (TPSA) is 75.7 Å². The zero-order valence-electron chi connectivity index (χ0n) is 17.9. The van der Waals surface area contributed by atoms with Crippen LogP contribution in [0.3, 0.4) is 0 Å². The van der Waals surface area contributed by atoms with Crippen LogP contribution in [0, 0.1) is 20.8 Å². The molecule has 0 bridgehead atoms. The minimum atomic E-state index is -3.91. The first-order valence-corrected chi connectivity index (χ1v) is 11.9. The van der Waals surface area contributed by atoms with Gasteiger partial charge in [-0.3, -0.25) is 9.10 Å². The first kappa shape index (κ1) is 22.2. The summed E-state index contributed by atoms with van der Waals surface area (Å²) in [5, 5.41) is 3.34. The zero-order valence-corrected chi connectivity index (χ0v) is 19.5. The van der Waals surface area contributed by atoms with E-state index in [2.05, 4.69) is 5.32 Å². The maximum Gasteiger partial charge on any atom is 0.267 e. The molecule has 166 valence electrons. The molecule has 6 nitrogen and oxygen atoms in total. The van der Waals surface area contributed by atoms with Crippen molar-refractivity contribution in [1.29, 1.82) is 0 Å². The molecule has 3 aromatic carbocycles. The van der Waals surface area contributed by atoms with Gasteiger partial charge >= 0.3 is 0 Å². The Morgan fingerprint density at radius 3 is 2.44 bits per heavy atom. The van der Waals surface area contributed by atoms with E-state index in [4.69, 9.17) is 16.3 Å². The van der Waals surface area contributed by atoms with Gasteiger partial charge in [-0.05, 0) is 68.3 Å². The second-order valence-corrected chi connectivity index (χ2v) is 10.1. The largest absolute Gasteiger partial charge is 0.476 e. The van der Waals surface area contributed by atoms with Crippen molar-refractivity contribution in [2.45, 2.75) is 31.8 Å². The lowest BCUT2D eigenvalue weighted by Gasteiger charge is -2.35. The molecule has 1 aliphatic heterocycles. The van der Waals surface area contributed by atoms with Crippen molar-refractivity contribution >= 4 is 38.9 Å². The molecule has 0 fully saturated rings. The maximum atomic E-state index is 13.5. The van der Waals surface area contributed by atoms with Crippen LogP contribution >= 0.6 is 11.6 Å². The summed E-state index contributed by atoms with van der Waals surface area (Å²) in [6.45, 7) is 5.41. The van der Waals surface area contributed by atoms with Gasteiger partial charge in [0.05, 0.1) is 17.1 Å². The van der Waals surface area contributed by atoms with E-state index in [1.165, 1.54) is 4.31 Å². The van der Waals surface area contributed by atoms with Crippen molar-refractivity contribution in [3.05, 3.63) is 82.4 Å². The molecule has 0 spiro atoms. The Labute approximate surface area is 192 Å². The second kappa shape index (κ2) is 8.48. The molecule has 8 heteroatoms. The first-order chi connectivity index (χ1) is 15.2. The molecule has 4 rings (SSSR count). The number of hydrogen-bond donors (Lipinski definition) is 1. The van der Waals surface area contributed by atoms with Gasteiger partial charge in [0.15, 0.2) is 6.10 Å². The van der Waals surface area contributed by atoms with Crippen LogP contribution in [0.2, 0.25) is 5.02 Å². The van der Waals surface area contributed by atoms with E-state index in [0.717, 1.165) is 16.7 Å². The lowest BCUT2D eigenvalue weighted by molar-refractivity contribution is -0.122. The van der Waals surface area contributed by atoms with Gasteiger partial charge in [0.2, 0.25) is 0 Å². The average molecular weight is 471 g/mol. The summed E-state index contributed by atoms with van der Waals surface area (Å²) in [4.78, 5) is 13.2. The van der Waals surface area contributed by atoms with Gasteiger partial charge in [0.1, 0.15) is 5.75 Å². The summed E-state index contributed by atoms with van der Waals surface area (Å²) in [7, 11) is -3.91. The summed E-state index contributed by atoms with van der Waals surface area (Å²) >= 11 is 6.16. The van der Waals surface area contributed by atoms with Crippen LogP contribution in [-0.4, -0.2) is 27.0 Å². The Hall–Kier alpha value is -3.03. The van der Waals surface area contributed by atoms with Crippen molar-refractivity contribution in [1.82, 2.24) is 0 Å². The second-order valence-electron chi connectivity index (χ2n) is 7.83. The van der Waals surface area contributed by atoms with Crippen LogP contribution in [0.25, 0.3) is 0 Å². The number of carbonyl (C=O) groups is 1. The third-order valence-electron chi connectivity index (χ3n) is 5.41. The molecule has 1 aliphatic rings. The number of carbonyl (C=O) groups excluding carboxylic acids is 1. The maximum absolute atomic E-state index is 13.5. The molecule has 0 unspecified atom stereocenters. The highest BCUT2D eigenvalue weighted by molar-refractivity contribution is 7.92. The van der Waals surface area contributed by atoms with Crippen molar-refractivity contribution in [2.24, 2.45) is 0 Å². The molecule has 0 aromatic heterocycles. The lowest BCUT2D eigenvalue weighted by Crippen LogP contribution is -2.48. The molecule has 3 aromatic rings. The van der Waals surface area contributed by atoms with E-state index in [9.17, 15) is 13.2 Å². The monoisotopic (exact) mass is 470 g/mol. The fraction of sp³-hybridized carbons (Fsp3) is 0.208. The normalized spacial score (nSPS) is 15.6. The number of nitrogens with zero attached hydrogens (tertiary/aromatic N) is 1. The van der Waals surface area contributed by atoms with E-state index >= 15 is 0 Å². The molecular weight excluding hydrogens is 448 g/mol. The van der Waals surface area contributed by atoms with Crippen LogP contribution < -0.4 is 14.4 Å². The van der Waals surface area contributed by atoms with Crippen molar-refractivity contribution in [3.63, 3.8) is 0 Å². The predicted molar refractivity (Wildman–Crippen MR) is 126 cm³/mol. The zero-order chi connectivity index (χ0) is 23.0. The molecule has 1 heterocycles. The first-order valence-electron chi connectivity index (χ1n) is 10.1. The van der Waals surface area contributed by atoms with Gasteiger partial charge in [-0.15, -0.1) is 0 Å². The number of benzene rings is 3. The Balaban J connectivity index is 1.70. The number of anilines is 2. The summed E-state index contributed by atoms with van der Waals surface area (Å²) in [5.74, 6) is -0.110. The summed E-state index contributed by atoms with van der Waals surface area (Å²) < 4.78 is 34.2. The number of nitrogens with one attached hydrogen (secondary N) is 1. The minimum absolute atomic E-state index is 0.154. The van der Waals surface area contributed by atoms with Crippen molar-refractivity contribution in [2.75, 3.05) is 16.2 Å². The highest BCUT2D eigenvalue weighted by Crippen LogP contribution is 2.38. The predicted octanol–water partition coefficient (Wildman–Crippen LogP) is 4.86. The van der Waals surface area contributed by atoms with E-state index in [0.29, 0.717) is 22.1 Å². The van der Waals surface area contributed by atoms with Crippen LogP contribution in [0.4, 0.5) is 11.4 Å². The Morgan fingerprint density at radius 1 is 1.03 bits per heavy atom. The molecule has 32 heavy (non-hydrogen) atoms. The van der Waals surface area contributed by atoms with Crippen LogP contribution in [-0.2, 0) is 14.8 Å². The smallest absolute Gasteiger partial charge is 0.267 e. The molecule has 0 radical (unpaired) electrons. The van der Waals surface area contributed by atoms with Crippen LogP contribution in [0.5, 0.6) is 5.75 Å². The fourth-order valence-electron chi connectivity index (χ4n) is 3.52. The van der Waals surface area contributed by atoms with Crippen LogP contribution in [0.1, 0.15) is 16.7 Å². The van der Waals surface area contributed by atoms with Crippen molar-refractivity contribution < 1.29 is 17.9 Å². The number of aryl methyl sites for hydroxylation is 2. The summed E-state index contributed by atoms with van der Waals surface area (Å²) in [5.41, 5.74) is 3.52. The van der Waals surface area contributed by atoms with Crippen molar-refractivity contribution in [3.8, 4) is 5.75 Å². The van der Waals surface area contributed by atoms with Gasteiger partial charge in [-0.25, -0.2) is 8.42 Å². The van der Waals surface area contributed by atoms with Gasteiger partial charge in [0, 0.05) is 10.7 Å². The minimum Gasteiger partial charge on any atom is -0.476 e. The highest BCUT2D eigenvalue weighted by Gasteiger charge is 2.37. The summed E-state index contributed by atoms with van der Waals surface area (Å²) in [6.07, 6.45) is -1.04. The standard InChI is InChI=1S/C24H23ClN2O4S/c1-15-7-10-18(11-8-15)32(29,30)27-14-23(31-22-13-16(2)9-12-21(22)27)24(28)26-20-6-4-5-19(25)17(20)3/h4-13,23H,14H2,1-3H3,(H,26,28)/t23-/m1/s1. The molecule has 0 saturated heterocycles. The quantitative estimate of drug-likeness (QED) is 0.590. The lowest BCUT2D eigenvalue weighted by atomic mass is 10.1. The van der Waals surface area contributed by atoms with E-state index < -0.39 is 22.0 Å². The van der Waals surface area contributed by atoms with E-state index in [-0.39, 0.29) is 11.4 Å². The third-order valence-corrected chi connectivity index (χ3v) is 7.62. The third kappa shape index (κ3) is 4.18. The Bertz CT molecular complexity index is 1290. The van der Waals surface area contributed by atoms with Gasteiger partial charge in [0.25, 0.3) is 15.9 Å².